The molecule has 8 heteroatoms. The Bertz CT molecular complexity index is 693. The van der Waals surface area contributed by atoms with Gasteiger partial charge in [-0.05, 0) is 18.2 Å². The summed E-state index contributed by atoms with van der Waals surface area (Å²) in [6.07, 6.45) is 2.75. The Hall–Kier alpha value is -2.61. The van der Waals surface area contributed by atoms with Crippen LogP contribution in [0.2, 0.25) is 0 Å². The molecule has 1 aromatic carbocycles. The maximum atomic E-state index is 14.0. The van der Waals surface area contributed by atoms with E-state index in [0.717, 1.165) is 0 Å². The van der Waals surface area contributed by atoms with Crippen molar-refractivity contribution in [3.63, 3.8) is 0 Å². The molecule has 96 valence electrons. The zero-order valence-electron chi connectivity index (χ0n) is 9.69. The number of nitrogens with zero attached hydrogens (tertiary/aromatic N) is 5. The molecule has 0 aliphatic carbocycles. The fourth-order valence-electron chi connectivity index (χ4n) is 1.62. The van der Waals surface area contributed by atoms with E-state index in [9.17, 15) is 4.39 Å². The van der Waals surface area contributed by atoms with Gasteiger partial charge in [0, 0.05) is 5.56 Å². The number of halogens is 1. The molecule has 3 rings (SSSR count). The lowest BCUT2D eigenvalue weighted by molar-refractivity contribution is 0.380. The molecule has 2 N–H and O–H groups in total. The Labute approximate surface area is 106 Å². The molecule has 0 bridgehead atoms. The van der Waals surface area contributed by atoms with Gasteiger partial charge in [-0.1, -0.05) is 5.16 Å². The van der Waals surface area contributed by atoms with Gasteiger partial charge >= 0.3 is 0 Å². The summed E-state index contributed by atoms with van der Waals surface area (Å²) in [4.78, 5) is 7.79. The minimum Gasteiger partial charge on any atom is -0.338 e. The number of hydrogen-bond acceptors (Lipinski definition) is 6. The van der Waals surface area contributed by atoms with Crippen LogP contribution in [0, 0.1) is 5.82 Å². The summed E-state index contributed by atoms with van der Waals surface area (Å²) in [5, 5.41) is 7.59. The number of nitrogens with two attached hydrogens (primary N) is 1. The third-order valence-electron chi connectivity index (χ3n) is 2.51. The summed E-state index contributed by atoms with van der Waals surface area (Å²) >= 11 is 0. The van der Waals surface area contributed by atoms with Gasteiger partial charge in [0.2, 0.25) is 11.7 Å². The highest BCUT2D eigenvalue weighted by atomic mass is 19.1. The lowest BCUT2D eigenvalue weighted by Crippen LogP contribution is -1.99. The summed E-state index contributed by atoms with van der Waals surface area (Å²) < 4.78 is 20.2. The minimum absolute atomic E-state index is 0.145. The van der Waals surface area contributed by atoms with Crippen LogP contribution in [-0.4, -0.2) is 24.9 Å². The van der Waals surface area contributed by atoms with E-state index in [1.54, 1.807) is 12.1 Å². The van der Waals surface area contributed by atoms with Crippen LogP contribution in [0.15, 0.2) is 35.4 Å². The fraction of sp³-hybridized carbons (Fsp3) is 0.0909. The Morgan fingerprint density at radius 1 is 1.37 bits per heavy atom. The molecule has 0 saturated heterocycles. The van der Waals surface area contributed by atoms with Crippen molar-refractivity contribution in [1.29, 1.82) is 0 Å². The van der Waals surface area contributed by atoms with E-state index in [4.69, 9.17) is 10.3 Å². The van der Waals surface area contributed by atoms with E-state index in [0.29, 0.717) is 23.0 Å². The zero-order valence-corrected chi connectivity index (χ0v) is 9.69. The topological polar surface area (TPSA) is 95.7 Å². The van der Waals surface area contributed by atoms with Crippen LogP contribution < -0.4 is 5.73 Å². The molecule has 0 saturated carbocycles. The third kappa shape index (κ3) is 2.08. The van der Waals surface area contributed by atoms with E-state index >= 15 is 0 Å². The van der Waals surface area contributed by atoms with Crippen molar-refractivity contribution in [2.24, 2.45) is 5.73 Å². The van der Waals surface area contributed by atoms with Crippen molar-refractivity contribution in [2.45, 2.75) is 6.54 Å². The van der Waals surface area contributed by atoms with Crippen molar-refractivity contribution in [3.8, 4) is 17.1 Å². The van der Waals surface area contributed by atoms with Crippen LogP contribution in [0.5, 0.6) is 0 Å². The number of aromatic nitrogens is 5. The lowest BCUT2D eigenvalue weighted by Gasteiger charge is -2.03. The maximum Gasteiger partial charge on any atom is 0.240 e. The molecule has 0 amide bonds. The van der Waals surface area contributed by atoms with Gasteiger partial charge in [0.15, 0.2) is 0 Å². The second-order valence-electron chi connectivity index (χ2n) is 3.72. The molecule has 0 fully saturated rings. The molecule has 0 atom stereocenters. The molecule has 0 aliphatic rings. The first-order valence-corrected chi connectivity index (χ1v) is 5.45. The highest BCUT2D eigenvalue weighted by Gasteiger charge is 2.11. The highest BCUT2D eigenvalue weighted by Crippen LogP contribution is 2.21. The molecule has 0 unspecified atom stereocenters. The van der Waals surface area contributed by atoms with Crippen LogP contribution in [-0.2, 0) is 6.54 Å². The van der Waals surface area contributed by atoms with Gasteiger partial charge in [0.1, 0.15) is 24.2 Å². The predicted octanol–water partition coefficient (Wildman–Crippen LogP) is 0.915. The smallest absolute Gasteiger partial charge is 0.240 e. The molecular weight excluding hydrogens is 251 g/mol. The molecule has 0 spiro atoms. The molecule has 0 aliphatic heterocycles. The van der Waals surface area contributed by atoms with Crippen molar-refractivity contribution in [1.82, 2.24) is 24.9 Å². The Morgan fingerprint density at radius 2 is 2.26 bits per heavy atom. The maximum absolute atomic E-state index is 14.0. The van der Waals surface area contributed by atoms with Gasteiger partial charge in [-0.3, -0.25) is 0 Å². The van der Waals surface area contributed by atoms with Crippen LogP contribution in [0.1, 0.15) is 5.89 Å². The van der Waals surface area contributed by atoms with Gasteiger partial charge in [0.25, 0.3) is 0 Å². The first kappa shape index (κ1) is 11.5. The van der Waals surface area contributed by atoms with Gasteiger partial charge < -0.3 is 10.3 Å². The molecule has 0 radical (unpaired) electrons. The van der Waals surface area contributed by atoms with Crippen LogP contribution in [0.25, 0.3) is 17.1 Å². The molecule has 19 heavy (non-hydrogen) atoms. The van der Waals surface area contributed by atoms with Crippen LogP contribution in [0.4, 0.5) is 4.39 Å². The van der Waals surface area contributed by atoms with Crippen molar-refractivity contribution in [3.05, 3.63) is 42.6 Å². The molecule has 2 heterocycles. The molecule has 2 aromatic heterocycles. The Kier molecular flexibility index (Phi) is 2.76. The number of hydrogen-bond donors (Lipinski definition) is 1. The molecule has 7 nitrogen and oxygen atoms in total. The van der Waals surface area contributed by atoms with Crippen LogP contribution >= 0.6 is 0 Å². The summed E-state index contributed by atoms with van der Waals surface area (Å²) in [7, 11) is 0. The summed E-state index contributed by atoms with van der Waals surface area (Å²) in [5.41, 5.74) is 6.17. The standard InChI is InChI=1S/C11H9FN6O/c12-8-3-7(11-16-10(4-13)19-17-11)1-2-9(8)18-6-14-5-15-18/h1-3,5-6H,4,13H2. The molecular formula is C11H9FN6O. The monoisotopic (exact) mass is 260 g/mol. The summed E-state index contributed by atoms with van der Waals surface area (Å²) in [5.74, 6) is 0.141. The van der Waals surface area contributed by atoms with Gasteiger partial charge in [0.05, 0.1) is 6.54 Å². The second-order valence-corrected chi connectivity index (χ2v) is 3.72. The summed E-state index contributed by atoms with van der Waals surface area (Å²) in [6.45, 7) is 0.145. The van der Waals surface area contributed by atoms with Gasteiger partial charge in [-0.25, -0.2) is 14.1 Å². The normalized spacial score (nSPS) is 10.8. The van der Waals surface area contributed by atoms with E-state index in [1.165, 1.54) is 23.4 Å². The largest absolute Gasteiger partial charge is 0.338 e. The number of rotatable bonds is 3. The predicted molar refractivity (Wildman–Crippen MR) is 62.5 cm³/mol. The van der Waals surface area contributed by atoms with E-state index in [-0.39, 0.29) is 6.54 Å². The van der Waals surface area contributed by atoms with Crippen molar-refractivity contribution < 1.29 is 8.91 Å². The average Bonchev–Trinajstić information content (AvgIpc) is 3.10. The number of benzene rings is 1. The van der Waals surface area contributed by atoms with Gasteiger partial charge in [-0.15, -0.1) is 0 Å². The van der Waals surface area contributed by atoms with Gasteiger partial charge in [-0.2, -0.15) is 10.1 Å². The summed E-state index contributed by atoms with van der Waals surface area (Å²) in [6, 6.07) is 4.55. The highest BCUT2D eigenvalue weighted by molar-refractivity contribution is 5.57. The fourth-order valence-corrected chi connectivity index (χ4v) is 1.62. The first-order valence-electron chi connectivity index (χ1n) is 5.45. The Balaban J connectivity index is 1.99. The first-order chi connectivity index (χ1) is 9.28. The zero-order chi connectivity index (χ0) is 13.2. The van der Waals surface area contributed by atoms with E-state index < -0.39 is 5.82 Å². The minimum atomic E-state index is -0.456. The van der Waals surface area contributed by atoms with E-state index in [2.05, 4.69) is 20.2 Å². The lowest BCUT2D eigenvalue weighted by atomic mass is 10.2. The van der Waals surface area contributed by atoms with Crippen molar-refractivity contribution >= 4 is 0 Å². The van der Waals surface area contributed by atoms with Crippen LogP contribution in [0.3, 0.4) is 0 Å². The SMILES string of the molecule is NCc1nc(-c2ccc(-n3cncn3)c(F)c2)no1. The average molecular weight is 260 g/mol. The van der Waals surface area contributed by atoms with E-state index in [1.807, 2.05) is 0 Å². The Morgan fingerprint density at radius 3 is 2.89 bits per heavy atom. The van der Waals surface area contributed by atoms with Crippen molar-refractivity contribution in [2.75, 3.05) is 0 Å². The second kappa shape index (κ2) is 4.58. The molecule has 3 aromatic rings. The quantitative estimate of drug-likeness (QED) is 0.752. The third-order valence-corrected chi connectivity index (χ3v) is 2.51.